The largest absolute Gasteiger partial charge is 0.481 e. The maximum absolute atomic E-state index is 10.5. The third kappa shape index (κ3) is 2.57. The molecule has 0 aliphatic heterocycles. The van der Waals surface area contributed by atoms with Crippen LogP contribution in [0.4, 0.5) is 0 Å². The fourth-order valence-electron chi connectivity index (χ4n) is 1.72. The van der Waals surface area contributed by atoms with Crippen LogP contribution in [0.15, 0.2) is 24.3 Å². The normalized spacial score (nSPS) is 17.4. The van der Waals surface area contributed by atoms with Gasteiger partial charge < -0.3 is 10.2 Å². The number of aliphatic carboxylic acids is 1. The molecule has 1 fully saturated rings. The fourth-order valence-corrected chi connectivity index (χ4v) is 1.72. The fraction of sp³-hybridized carbons (Fsp3) is 0.417. The number of aliphatic hydroxyl groups is 1. The van der Waals surface area contributed by atoms with Crippen molar-refractivity contribution in [3.8, 4) is 0 Å². The van der Waals surface area contributed by atoms with Crippen molar-refractivity contribution in [2.24, 2.45) is 0 Å². The molecule has 0 radical (unpaired) electrons. The van der Waals surface area contributed by atoms with Crippen molar-refractivity contribution in [3.63, 3.8) is 0 Å². The molecule has 0 bridgehead atoms. The second-order valence-electron chi connectivity index (χ2n) is 4.06. The van der Waals surface area contributed by atoms with Gasteiger partial charge in [0.1, 0.15) is 0 Å². The molecule has 0 spiro atoms. The van der Waals surface area contributed by atoms with Gasteiger partial charge in [-0.3, -0.25) is 4.79 Å². The van der Waals surface area contributed by atoms with Crippen LogP contribution in [0.25, 0.3) is 0 Å². The van der Waals surface area contributed by atoms with Crippen molar-refractivity contribution in [2.45, 2.75) is 31.3 Å². The van der Waals surface area contributed by atoms with Crippen LogP contribution in [-0.4, -0.2) is 16.2 Å². The van der Waals surface area contributed by atoms with Crippen LogP contribution < -0.4 is 0 Å². The molecule has 0 amide bonds. The van der Waals surface area contributed by atoms with E-state index in [1.165, 1.54) is 18.4 Å². The summed E-state index contributed by atoms with van der Waals surface area (Å²) in [6.45, 7) is 0. The summed E-state index contributed by atoms with van der Waals surface area (Å²) >= 11 is 0. The van der Waals surface area contributed by atoms with Crippen LogP contribution in [0.2, 0.25) is 0 Å². The quantitative estimate of drug-likeness (QED) is 0.792. The standard InChI is InChI=1S/C12H14O3/c13-11(7-12(14)15)10-3-1-2-9(6-10)8-4-5-8/h1-3,6,8,11,13H,4-5,7H2,(H,14,15)/t11-/m0/s1. The first kappa shape index (κ1) is 10.2. The van der Waals surface area contributed by atoms with E-state index in [0.717, 1.165) is 0 Å². The Morgan fingerprint density at radius 1 is 1.47 bits per heavy atom. The topological polar surface area (TPSA) is 57.5 Å². The van der Waals surface area contributed by atoms with E-state index in [9.17, 15) is 9.90 Å². The van der Waals surface area contributed by atoms with Crippen LogP contribution in [-0.2, 0) is 4.79 Å². The second kappa shape index (κ2) is 4.03. The molecule has 1 aromatic carbocycles. The van der Waals surface area contributed by atoms with Gasteiger partial charge in [-0.1, -0.05) is 24.3 Å². The third-order valence-electron chi connectivity index (χ3n) is 2.71. The number of hydrogen-bond donors (Lipinski definition) is 2. The Hall–Kier alpha value is -1.35. The molecule has 80 valence electrons. The Bertz CT molecular complexity index is 369. The lowest BCUT2D eigenvalue weighted by Crippen LogP contribution is -2.05. The molecule has 1 aliphatic carbocycles. The molecule has 0 saturated heterocycles. The highest BCUT2D eigenvalue weighted by atomic mass is 16.4. The zero-order valence-electron chi connectivity index (χ0n) is 8.39. The number of hydrogen-bond acceptors (Lipinski definition) is 2. The Morgan fingerprint density at radius 3 is 2.80 bits per heavy atom. The predicted molar refractivity (Wildman–Crippen MR) is 55.6 cm³/mol. The molecule has 2 N–H and O–H groups in total. The number of carboxylic acids is 1. The van der Waals surface area contributed by atoms with Crippen molar-refractivity contribution >= 4 is 5.97 Å². The Labute approximate surface area is 88.4 Å². The molecule has 0 unspecified atom stereocenters. The van der Waals surface area contributed by atoms with Crippen molar-refractivity contribution in [3.05, 3.63) is 35.4 Å². The Kier molecular flexibility index (Phi) is 2.73. The molecule has 2 rings (SSSR count). The predicted octanol–water partition coefficient (Wildman–Crippen LogP) is 2.07. The molecule has 3 heteroatoms. The number of rotatable bonds is 4. The average Bonchev–Trinajstić information content (AvgIpc) is 3.00. The van der Waals surface area contributed by atoms with Gasteiger partial charge in [-0.2, -0.15) is 0 Å². The van der Waals surface area contributed by atoms with E-state index in [-0.39, 0.29) is 6.42 Å². The van der Waals surface area contributed by atoms with Crippen LogP contribution in [0.1, 0.15) is 42.4 Å². The molecule has 1 aromatic rings. The van der Waals surface area contributed by atoms with Gasteiger partial charge >= 0.3 is 5.97 Å². The van der Waals surface area contributed by atoms with Gasteiger partial charge in [0.15, 0.2) is 0 Å². The van der Waals surface area contributed by atoms with Gasteiger partial charge in [-0.25, -0.2) is 0 Å². The van der Waals surface area contributed by atoms with Crippen molar-refractivity contribution in [1.29, 1.82) is 0 Å². The minimum atomic E-state index is -0.973. The lowest BCUT2D eigenvalue weighted by Gasteiger charge is -2.09. The summed E-state index contributed by atoms with van der Waals surface area (Å²) in [4.78, 5) is 10.5. The molecule has 0 heterocycles. The first-order valence-electron chi connectivity index (χ1n) is 5.16. The number of aliphatic hydroxyl groups excluding tert-OH is 1. The summed E-state index contributed by atoms with van der Waals surface area (Å²) in [7, 11) is 0. The van der Waals surface area contributed by atoms with Gasteiger partial charge in [0.05, 0.1) is 12.5 Å². The molecule has 0 aromatic heterocycles. The van der Waals surface area contributed by atoms with E-state index < -0.39 is 12.1 Å². The number of carboxylic acid groups (broad SMARTS) is 1. The van der Waals surface area contributed by atoms with Crippen molar-refractivity contribution in [2.75, 3.05) is 0 Å². The molecule has 1 saturated carbocycles. The van der Waals surface area contributed by atoms with Gasteiger partial charge in [0.25, 0.3) is 0 Å². The van der Waals surface area contributed by atoms with Gasteiger partial charge in [0, 0.05) is 0 Å². The monoisotopic (exact) mass is 206 g/mol. The lowest BCUT2D eigenvalue weighted by molar-refractivity contribution is -0.139. The van der Waals surface area contributed by atoms with Crippen molar-refractivity contribution < 1.29 is 15.0 Å². The first-order chi connectivity index (χ1) is 7.16. The van der Waals surface area contributed by atoms with Gasteiger partial charge in [0.2, 0.25) is 0 Å². The van der Waals surface area contributed by atoms with Crippen LogP contribution in [0, 0.1) is 0 Å². The van der Waals surface area contributed by atoms with Crippen LogP contribution in [0.3, 0.4) is 0 Å². The number of carbonyl (C=O) groups is 1. The molecular weight excluding hydrogens is 192 g/mol. The SMILES string of the molecule is O=C(O)C[C@H](O)c1cccc(C2CC2)c1. The number of benzene rings is 1. The second-order valence-corrected chi connectivity index (χ2v) is 4.06. The Balaban J connectivity index is 2.12. The van der Waals surface area contributed by atoms with E-state index in [1.54, 1.807) is 6.07 Å². The summed E-state index contributed by atoms with van der Waals surface area (Å²) in [6, 6.07) is 7.62. The molecule has 1 aliphatic rings. The van der Waals surface area contributed by atoms with E-state index in [0.29, 0.717) is 11.5 Å². The minimum absolute atomic E-state index is 0.228. The molecule has 1 atom stereocenters. The summed E-state index contributed by atoms with van der Waals surface area (Å²) in [5, 5.41) is 18.2. The third-order valence-corrected chi connectivity index (χ3v) is 2.71. The maximum Gasteiger partial charge on any atom is 0.306 e. The average molecular weight is 206 g/mol. The summed E-state index contributed by atoms with van der Waals surface area (Å²) < 4.78 is 0. The highest BCUT2D eigenvalue weighted by Gasteiger charge is 2.24. The van der Waals surface area contributed by atoms with Crippen LogP contribution in [0.5, 0.6) is 0 Å². The Morgan fingerprint density at radius 2 is 2.20 bits per heavy atom. The molecule has 15 heavy (non-hydrogen) atoms. The van der Waals surface area contributed by atoms with Gasteiger partial charge in [-0.15, -0.1) is 0 Å². The first-order valence-corrected chi connectivity index (χ1v) is 5.16. The highest BCUT2D eigenvalue weighted by Crippen LogP contribution is 2.40. The van der Waals surface area contributed by atoms with E-state index in [4.69, 9.17) is 5.11 Å². The minimum Gasteiger partial charge on any atom is -0.481 e. The van der Waals surface area contributed by atoms with Gasteiger partial charge in [-0.05, 0) is 29.9 Å². The molecular formula is C12H14O3. The van der Waals surface area contributed by atoms with Crippen molar-refractivity contribution in [1.82, 2.24) is 0 Å². The van der Waals surface area contributed by atoms with Crippen LogP contribution >= 0.6 is 0 Å². The zero-order valence-corrected chi connectivity index (χ0v) is 8.39. The van der Waals surface area contributed by atoms with E-state index >= 15 is 0 Å². The lowest BCUT2D eigenvalue weighted by atomic mass is 10.0. The molecule has 3 nitrogen and oxygen atoms in total. The van der Waals surface area contributed by atoms with E-state index in [1.807, 2.05) is 18.2 Å². The summed E-state index contributed by atoms with van der Waals surface area (Å²) in [6.07, 6.45) is 1.30. The summed E-state index contributed by atoms with van der Waals surface area (Å²) in [5.74, 6) is -0.346. The smallest absolute Gasteiger partial charge is 0.306 e. The highest BCUT2D eigenvalue weighted by molar-refractivity contribution is 5.67. The maximum atomic E-state index is 10.5. The van der Waals surface area contributed by atoms with E-state index in [2.05, 4.69) is 0 Å². The zero-order chi connectivity index (χ0) is 10.8. The summed E-state index contributed by atoms with van der Waals surface area (Å²) in [5.41, 5.74) is 1.93.